The van der Waals surface area contributed by atoms with Crippen LogP contribution in [-0.4, -0.2) is 112 Å². The van der Waals surface area contributed by atoms with E-state index in [2.05, 4.69) is 93.7 Å². The molecule has 0 fully saturated rings. The van der Waals surface area contributed by atoms with Crippen LogP contribution in [0.4, 0.5) is 0 Å². The number of hydrogen-bond donors (Lipinski definition) is 0. The zero-order valence-corrected chi connectivity index (χ0v) is 50.0. The van der Waals surface area contributed by atoms with Gasteiger partial charge in [-0.1, -0.05) is 155 Å². The van der Waals surface area contributed by atoms with E-state index < -0.39 is 0 Å². The summed E-state index contributed by atoms with van der Waals surface area (Å²) in [5.41, 5.74) is 0. The van der Waals surface area contributed by atoms with E-state index in [0.29, 0.717) is 21.6 Å². The first-order valence-corrected chi connectivity index (χ1v) is 27.5. The second-order valence-corrected chi connectivity index (χ2v) is 20.0. The minimum absolute atomic E-state index is 0. The van der Waals surface area contributed by atoms with E-state index in [1.807, 2.05) is 0 Å². The van der Waals surface area contributed by atoms with Crippen molar-refractivity contribution in [2.75, 3.05) is 65.4 Å². The molecule has 0 atom stereocenters. The summed E-state index contributed by atoms with van der Waals surface area (Å²) in [6.45, 7) is 32.3. The molecular weight excluding hydrogens is 982 g/mol. The maximum absolute atomic E-state index is 4.98. The van der Waals surface area contributed by atoms with Crippen LogP contribution < -0.4 is 0 Å². The first-order valence-electron chi connectivity index (χ1n) is 23.4. The van der Waals surface area contributed by atoms with E-state index in [9.17, 15) is 0 Å². The Morgan fingerprint density at radius 2 is 0.328 bits per heavy atom. The van der Waals surface area contributed by atoms with Crippen molar-refractivity contribution in [1.29, 1.82) is 0 Å². The van der Waals surface area contributed by atoms with Crippen LogP contribution in [0.2, 0.25) is 0 Å². The molecule has 0 aliphatic carbocycles. The van der Waals surface area contributed by atoms with Crippen LogP contribution in [0, 0.1) is 0 Å². The molecule has 61 heavy (non-hydrogen) atoms. The normalized spacial score (nSPS) is 9.67. The summed E-state index contributed by atoms with van der Waals surface area (Å²) in [4.78, 5) is 10.7. The van der Waals surface area contributed by atoms with E-state index in [-0.39, 0.29) is 18.6 Å². The average Bonchev–Trinajstić information content (AvgIpc) is 3.21. The molecule has 365 valence electrons. The number of unbranched alkanes of at least 4 members (excludes halogenated alkanes) is 10. The van der Waals surface area contributed by atoms with Gasteiger partial charge in [0.25, 0.3) is 0 Å². The summed E-state index contributed by atoms with van der Waals surface area (Å²) in [5.74, 6) is 0. The fourth-order valence-corrected chi connectivity index (χ4v) is 6.79. The van der Waals surface area contributed by atoms with Crippen molar-refractivity contribution in [3.8, 4) is 0 Å². The van der Waals surface area contributed by atoms with Crippen LogP contribution in [0.1, 0.15) is 198 Å². The number of nitrogens with zero attached hydrogens (tertiary/aromatic N) is 5. The van der Waals surface area contributed by atoms with Gasteiger partial charge in [0, 0.05) is 84.0 Å². The largest absolute Gasteiger partial charge is 0.411 e. The van der Waals surface area contributed by atoms with Gasteiger partial charge in [-0.05, 0) is 64.2 Å². The summed E-state index contributed by atoms with van der Waals surface area (Å²) >= 11 is 49.8. The predicted octanol–water partition coefficient (Wildman–Crippen LogP) is 13.6. The second kappa shape index (κ2) is 59.2. The van der Waals surface area contributed by atoms with Crippen LogP contribution in [0.5, 0.6) is 0 Å². The van der Waals surface area contributed by atoms with E-state index in [4.69, 9.17) is 124 Å². The van der Waals surface area contributed by atoms with Crippen molar-refractivity contribution in [3.05, 3.63) is 0 Å². The van der Waals surface area contributed by atoms with Gasteiger partial charge in [0.15, 0.2) is 0 Å². The quantitative estimate of drug-likeness (QED) is 0.0502. The van der Waals surface area contributed by atoms with E-state index in [0.717, 1.165) is 65.4 Å². The van der Waals surface area contributed by atoms with Crippen molar-refractivity contribution < 1.29 is 18.6 Å². The molecule has 0 rings (SSSR count). The van der Waals surface area contributed by atoms with E-state index >= 15 is 0 Å². The first kappa shape index (κ1) is 73.7. The van der Waals surface area contributed by atoms with Crippen molar-refractivity contribution in [3.63, 3.8) is 0 Å². The number of thiocarbonyl (C=S) groups is 5. The van der Waals surface area contributed by atoms with E-state index in [1.165, 1.54) is 128 Å². The van der Waals surface area contributed by atoms with Gasteiger partial charge in [0.1, 0.15) is 0 Å². The summed E-state index contributed by atoms with van der Waals surface area (Å²) in [6, 6.07) is 0. The topological polar surface area (TPSA) is 16.2 Å². The Morgan fingerprint density at radius 3 is 0.377 bits per heavy atom. The summed E-state index contributed by atoms with van der Waals surface area (Å²) < 4.78 is 3.18. The molecule has 0 saturated heterocycles. The minimum Gasteiger partial charge on any atom is -0.411 e. The van der Waals surface area contributed by atoms with Crippen LogP contribution in [-0.2, 0) is 81.7 Å². The fourth-order valence-electron chi connectivity index (χ4n) is 4.96. The molecule has 0 bridgehead atoms. The Hall–Kier alpha value is 1.13. The Kier molecular flexibility index (Phi) is 71.5. The van der Waals surface area contributed by atoms with Gasteiger partial charge < -0.3 is 149 Å². The van der Waals surface area contributed by atoms with Crippen molar-refractivity contribution in [2.45, 2.75) is 198 Å². The average molecular weight is 1070 g/mol. The molecule has 0 N–H and O–H groups in total. The number of hydrogen-bond acceptors (Lipinski definition) is 10. The summed E-state index contributed by atoms with van der Waals surface area (Å²) in [5, 5.41) is 0. The number of rotatable bonds is 30. The van der Waals surface area contributed by atoms with Gasteiger partial charge in [-0.3, -0.25) is 0 Å². The van der Waals surface area contributed by atoms with Gasteiger partial charge in [0.05, 0.1) is 0 Å². The van der Waals surface area contributed by atoms with Crippen LogP contribution >= 0.6 is 61.1 Å². The zero-order chi connectivity index (χ0) is 47.0. The monoisotopic (exact) mass is 1070 g/mol. The maximum Gasteiger partial charge on any atom is 0.0162 e. The molecule has 5 nitrogen and oxygen atoms in total. The Balaban J connectivity index is -0.000000154. The third-order valence-electron chi connectivity index (χ3n) is 9.11. The Labute approximate surface area is 447 Å². The van der Waals surface area contributed by atoms with Gasteiger partial charge in [-0.15, -0.1) is 0 Å². The summed E-state index contributed by atoms with van der Waals surface area (Å²) in [6.07, 6.45) is 24.0. The smallest absolute Gasteiger partial charge is 0.0162 e. The molecule has 0 heterocycles. The van der Waals surface area contributed by atoms with Crippen LogP contribution in [0.15, 0.2) is 0 Å². The van der Waals surface area contributed by atoms with Gasteiger partial charge in [-0.2, -0.15) is 0 Å². The van der Waals surface area contributed by atoms with Crippen molar-refractivity contribution in [1.82, 2.24) is 24.5 Å². The van der Waals surface area contributed by atoms with Crippen LogP contribution in [0.3, 0.4) is 0 Å². The second-order valence-electron chi connectivity index (χ2n) is 14.8. The first-order chi connectivity index (χ1) is 28.6. The molecule has 0 aromatic rings. The van der Waals surface area contributed by atoms with Crippen molar-refractivity contribution >= 4 is 146 Å². The van der Waals surface area contributed by atoms with Gasteiger partial charge in [-0.25, -0.2) is 0 Å². The molecule has 0 aromatic heterocycles. The minimum atomic E-state index is 0. The molecule has 0 amide bonds. The maximum atomic E-state index is 4.98. The van der Waals surface area contributed by atoms with Gasteiger partial charge >= 0.3 is 0 Å². The Morgan fingerprint density at radius 1 is 0.246 bits per heavy atom. The predicted molar refractivity (Wildman–Crippen MR) is 307 cm³/mol. The molecule has 0 aliphatic heterocycles. The third kappa shape index (κ3) is 57.2. The van der Waals surface area contributed by atoms with E-state index in [1.54, 1.807) is 0 Å². The van der Waals surface area contributed by atoms with Crippen LogP contribution in [0.25, 0.3) is 0 Å². The molecule has 0 aliphatic rings. The van der Waals surface area contributed by atoms with Gasteiger partial charge in [0.2, 0.25) is 0 Å². The molecule has 1 radical (unpaired) electrons. The summed E-state index contributed by atoms with van der Waals surface area (Å²) in [7, 11) is 0. The SMILES string of the molecule is CCCCN(CCCC)C(=S)[S-].CCCCN(CCCC)C(=S)[S-].CCCCN(CCCC)C(=S)[S-].CCCCN(CCCC)C(=S)[S-].CCCCN(CCCC)C(=S)[S-].[V]. The molecular formula is C45H90N5S10V-5. The molecule has 0 saturated carbocycles. The molecule has 0 unspecified atom stereocenters. The van der Waals surface area contributed by atoms with Crippen molar-refractivity contribution in [2.24, 2.45) is 0 Å². The zero-order valence-electron chi connectivity index (χ0n) is 40.5. The third-order valence-corrected chi connectivity index (χ3v) is 11.7. The molecule has 0 aromatic carbocycles. The molecule has 16 heteroatoms. The fraction of sp³-hybridized carbons (Fsp3) is 0.889. The Bertz CT molecular complexity index is 770. The standard InChI is InChI=1S/5C9H19NS2.V/c5*1-3-5-7-10(9(11)12)8-6-4-2;/h5*3-8H2,1-2H3,(H,11,12);/p-5. The molecule has 0 spiro atoms.